The normalized spacial score (nSPS) is 16.7. The number of aryl methyl sites for hydroxylation is 1. The van der Waals surface area contributed by atoms with Crippen molar-refractivity contribution in [2.24, 2.45) is 5.41 Å². The second-order valence-electron chi connectivity index (χ2n) is 9.54. The number of pyridine rings is 1. The Bertz CT molecular complexity index is 952. The number of aromatic nitrogens is 1. The lowest BCUT2D eigenvalue weighted by molar-refractivity contribution is -0.118. The summed E-state index contributed by atoms with van der Waals surface area (Å²) in [5.41, 5.74) is 5.90. The topological polar surface area (TPSA) is 51.7 Å². The summed E-state index contributed by atoms with van der Waals surface area (Å²) < 4.78 is 12.3. The van der Waals surface area contributed by atoms with Gasteiger partial charge in [-0.25, -0.2) is 0 Å². The molecule has 0 saturated carbocycles. The average molecular weight is 424 g/mol. The van der Waals surface area contributed by atoms with E-state index < -0.39 is 9.04 Å². The third-order valence-corrected chi connectivity index (χ3v) is 6.60. The van der Waals surface area contributed by atoms with Gasteiger partial charge in [-0.15, -0.1) is 0 Å². The minimum Gasteiger partial charge on any atom is -0.489 e. The van der Waals surface area contributed by atoms with E-state index in [-0.39, 0.29) is 17.4 Å². The molecule has 0 spiro atoms. The summed E-state index contributed by atoms with van der Waals surface area (Å²) in [7, 11) is -0.809. The molecule has 5 nitrogen and oxygen atoms in total. The van der Waals surface area contributed by atoms with Gasteiger partial charge in [-0.05, 0) is 66.2 Å². The molecule has 1 aromatic carbocycles. The number of hydrogen-bond donors (Lipinski definition) is 0. The summed E-state index contributed by atoms with van der Waals surface area (Å²) >= 11 is 0. The van der Waals surface area contributed by atoms with Crippen LogP contribution >= 0.6 is 0 Å². The monoisotopic (exact) mass is 423 g/mol. The van der Waals surface area contributed by atoms with Gasteiger partial charge in [0.05, 0.1) is 18.0 Å². The third kappa shape index (κ3) is 4.30. The van der Waals surface area contributed by atoms with Crippen molar-refractivity contribution in [3.63, 3.8) is 0 Å². The Labute approximate surface area is 181 Å². The number of rotatable bonds is 6. The molecular weight excluding hydrogens is 392 g/mol. The number of benzene rings is 1. The van der Waals surface area contributed by atoms with Crippen molar-refractivity contribution in [3.8, 4) is 16.9 Å². The van der Waals surface area contributed by atoms with Crippen LogP contribution in [0, 0.1) is 5.41 Å². The largest absolute Gasteiger partial charge is 0.489 e. The molecule has 6 heteroatoms. The molecule has 0 bridgehead atoms. The molecule has 4 rings (SSSR count). The lowest BCUT2D eigenvalue weighted by Gasteiger charge is -2.32. The summed E-state index contributed by atoms with van der Waals surface area (Å²) in [4.78, 5) is 18.6. The Morgan fingerprint density at radius 2 is 1.80 bits per heavy atom. The van der Waals surface area contributed by atoms with Crippen molar-refractivity contribution in [2.75, 3.05) is 18.1 Å². The molecule has 0 saturated heterocycles. The fourth-order valence-electron chi connectivity index (χ4n) is 4.20. The second kappa shape index (κ2) is 8.15. The van der Waals surface area contributed by atoms with Gasteiger partial charge in [0.25, 0.3) is 0 Å². The standard InChI is InChI=1S/C24H31N2O3Si/c1-24(2,3)21(29-30(4)5)15-28-20-12-19(13-25-14-20)18-10-16-6-7-22(27)26-9-8-17(11-18)23(16)26/h10-14,21H,6-9,15H2,1-5H3. The van der Waals surface area contributed by atoms with E-state index in [0.29, 0.717) is 13.0 Å². The van der Waals surface area contributed by atoms with Crippen molar-refractivity contribution in [1.29, 1.82) is 0 Å². The fourth-order valence-corrected chi connectivity index (χ4v) is 5.19. The predicted octanol–water partition coefficient (Wildman–Crippen LogP) is 4.65. The molecule has 2 aliphatic heterocycles. The highest BCUT2D eigenvalue weighted by Crippen LogP contribution is 2.40. The van der Waals surface area contributed by atoms with Crippen LogP contribution in [0.15, 0.2) is 30.6 Å². The molecule has 1 radical (unpaired) electrons. The SMILES string of the molecule is C[Si](C)OC(COc1cncc(-c2cc3c4c(c2)CCN4C(=O)CC3)c1)C(C)(C)C. The molecule has 1 amide bonds. The van der Waals surface area contributed by atoms with Gasteiger partial charge < -0.3 is 14.1 Å². The average Bonchev–Trinajstić information content (AvgIpc) is 3.12. The molecule has 0 aliphatic carbocycles. The van der Waals surface area contributed by atoms with E-state index in [4.69, 9.17) is 9.16 Å². The maximum absolute atomic E-state index is 12.2. The van der Waals surface area contributed by atoms with E-state index in [0.717, 1.165) is 42.0 Å². The number of amides is 1. The molecule has 2 aliphatic rings. The van der Waals surface area contributed by atoms with Crippen LogP contribution in [0.5, 0.6) is 5.75 Å². The second-order valence-corrected chi connectivity index (χ2v) is 11.6. The lowest BCUT2D eigenvalue weighted by atomic mass is 9.90. The first kappa shape index (κ1) is 21.1. The number of ether oxygens (including phenoxy) is 1. The maximum Gasteiger partial charge on any atom is 0.227 e. The van der Waals surface area contributed by atoms with E-state index >= 15 is 0 Å². The van der Waals surface area contributed by atoms with Crippen LogP contribution in [0.3, 0.4) is 0 Å². The molecule has 1 unspecified atom stereocenters. The quantitative estimate of drug-likeness (QED) is 0.635. The molecule has 3 heterocycles. The minimum absolute atomic E-state index is 0.0128. The summed E-state index contributed by atoms with van der Waals surface area (Å²) in [5.74, 6) is 1.02. The zero-order chi connectivity index (χ0) is 21.5. The molecule has 2 aromatic rings. The first-order valence-electron chi connectivity index (χ1n) is 10.7. The molecule has 159 valence electrons. The highest BCUT2D eigenvalue weighted by molar-refractivity contribution is 6.48. The predicted molar refractivity (Wildman–Crippen MR) is 121 cm³/mol. The third-order valence-electron chi connectivity index (χ3n) is 5.84. The van der Waals surface area contributed by atoms with Crippen molar-refractivity contribution >= 4 is 20.6 Å². The summed E-state index contributed by atoms with van der Waals surface area (Å²) in [5, 5.41) is 0. The minimum atomic E-state index is -0.809. The Morgan fingerprint density at radius 3 is 2.50 bits per heavy atom. The molecular formula is C24H31N2O3Si. The Kier molecular flexibility index (Phi) is 5.73. The summed E-state index contributed by atoms with van der Waals surface area (Å²) in [6.07, 6.45) is 6.04. The molecule has 30 heavy (non-hydrogen) atoms. The van der Waals surface area contributed by atoms with Gasteiger partial charge in [-0.1, -0.05) is 20.8 Å². The Morgan fingerprint density at radius 1 is 1.07 bits per heavy atom. The smallest absolute Gasteiger partial charge is 0.227 e. The van der Waals surface area contributed by atoms with E-state index in [2.05, 4.69) is 57.0 Å². The lowest BCUT2D eigenvalue weighted by Crippen LogP contribution is -2.38. The van der Waals surface area contributed by atoms with E-state index in [1.807, 2.05) is 11.1 Å². The van der Waals surface area contributed by atoms with Crippen molar-refractivity contribution in [1.82, 2.24) is 4.98 Å². The van der Waals surface area contributed by atoms with Crippen LogP contribution in [0.4, 0.5) is 5.69 Å². The molecule has 0 fully saturated rings. The van der Waals surface area contributed by atoms with E-state index in [1.54, 1.807) is 6.20 Å². The van der Waals surface area contributed by atoms with Crippen LogP contribution in [-0.2, 0) is 22.1 Å². The van der Waals surface area contributed by atoms with Gasteiger partial charge in [0.15, 0.2) is 0 Å². The van der Waals surface area contributed by atoms with Crippen LogP contribution in [0.2, 0.25) is 13.1 Å². The first-order valence-corrected chi connectivity index (χ1v) is 13.1. The zero-order valence-electron chi connectivity index (χ0n) is 18.6. The van der Waals surface area contributed by atoms with Crippen molar-refractivity contribution in [2.45, 2.75) is 59.2 Å². The maximum atomic E-state index is 12.2. The molecule has 1 aromatic heterocycles. The number of anilines is 1. The molecule has 0 N–H and O–H groups in total. The number of carbonyl (C=O) groups excluding carboxylic acids is 1. The summed E-state index contributed by atoms with van der Waals surface area (Å²) in [6.45, 7) is 12.2. The van der Waals surface area contributed by atoms with Crippen LogP contribution in [-0.4, -0.2) is 39.2 Å². The van der Waals surface area contributed by atoms with Crippen LogP contribution < -0.4 is 9.64 Å². The zero-order valence-corrected chi connectivity index (χ0v) is 19.6. The van der Waals surface area contributed by atoms with E-state index in [1.165, 1.54) is 11.1 Å². The number of hydrogen-bond acceptors (Lipinski definition) is 4. The van der Waals surface area contributed by atoms with Crippen LogP contribution in [0.1, 0.15) is 38.3 Å². The number of carbonyl (C=O) groups is 1. The highest BCUT2D eigenvalue weighted by atomic mass is 28.3. The van der Waals surface area contributed by atoms with Gasteiger partial charge in [-0.3, -0.25) is 9.78 Å². The highest BCUT2D eigenvalue weighted by Gasteiger charge is 2.31. The van der Waals surface area contributed by atoms with Gasteiger partial charge in [0, 0.05) is 24.7 Å². The fraction of sp³-hybridized carbons (Fsp3) is 0.500. The van der Waals surface area contributed by atoms with Gasteiger partial charge in [0.2, 0.25) is 14.9 Å². The number of nitrogens with zero attached hydrogens (tertiary/aromatic N) is 2. The van der Waals surface area contributed by atoms with Gasteiger partial charge in [0.1, 0.15) is 12.4 Å². The Balaban J connectivity index is 1.55. The van der Waals surface area contributed by atoms with Gasteiger partial charge >= 0.3 is 0 Å². The van der Waals surface area contributed by atoms with E-state index in [9.17, 15) is 4.79 Å². The van der Waals surface area contributed by atoms with Gasteiger partial charge in [-0.2, -0.15) is 0 Å². The van der Waals surface area contributed by atoms with Crippen molar-refractivity contribution < 1.29 is 14.0 Å². The van der Waals surface area contributed by atoms with Crippen LogP contribution in [0.25, 0.3) is 11.1 Å². The van der Waals surface area contributed by atoms with Crippen molar-refractivity contribution in [3.05, 3.63) is 41.7 Å². The molecule has 1 atom stereocenters. The Hall–Kier alpha value is -2.18. The first-order chi connectivity index (χ1) is 14.2. The summed E-state index contributed by atoms with van der Waals surface area (Å²) in [6, 6.07) is 6.49.